The standard InChI is InChI=1S/C22H19F3N2O2/c1-2-3-13-18-19(27-21(29-18)15-9-5-4-6-10-15)20(28)26-14-16-11-7-8-12-17(16)22(23,24)25/h2-12H,13-14H2,1H3,(H,26,28)/b3-2-. The molecule has 1 aromatic heterocycles. The second-order valence-electron chi connectivity index (χ2n) is 6.27. The minimum atomic E-state index is -4.49. The Labute approximate surface area is 166 Å². The van der Waals surface area contributed by atoms with Crippen molar-refractivity contribution < 1.29 is 22.4 Å². The predicted molar refractivity (Wildman–Crippen MR) is 103 cm³/mol. The molecule has 0 saturated carbocycles. The van der Waals surface area contributed by atoms with Crippen LogP contribution in [-0.4, -0.2) is 10.9 Å². The number of hydrogen-bond acceptors (Lipinski definition) is 3. The van der Waals surface area contributed by atoms with Crippen LogP contribution in [0.15, 0.2) is 71.2 Å². The second-order valence-corrected chi connectivity index (χ2v) is 6.27. The number of benzene rings is 2. The molecule has 1 amide bonds. The van der Waals surface area contributed by atoms with Gasteiger partial charge in [-0.1, -0.05) is 48.6 Å². The Kier molecular flexibility index (Phi) is 6.16. The van der Waals surface area contributed by atoms with Crippen molar-refractivity contribution in [2.24, 2.45) is 0 Å². The summed E-state index contributed by atoms with van der Waals surface area (Å²) in [5.74, 6) is 0.0434. The van der Waals surface area contributed by atoms with Crippen molar-refractivity contribution in [1.82, 2.24) is 10.3 Å². The number of carbonyl (C=O) groups is 1. The first-order chi connectivity index (χ1) is 13.9. The summed E-state index contributed by atoms with van der Waals surface area (Å²) < 4.78 is 45.2. The molecule has 7 heteroatoms. The van der Waals surface area contributed by atoms with Crippen LogP contribution in [0, 0.1) is 0 Å². The zero-order chi connectivity index (χ0) is 20.9. The summed E-state index contributed by atoms with van der Waals surface area (Å²) in [6, 6.07) is 14.2. The zero-order valence-electron chi connectivity index (χ0n) is 15.7. The molecule has 3 rings (SSSR count). The Bertz CT molecular complexity index is 1010. The highest BCUT2D eigenvalue weighted by molar-refractivity contribution is 5.93. The first-order valence-electron chi connectivity index (χ1n) is 8.99. The first kappa shape index (κ1) is 20.4. The van der Waals surface area contributed by atoms with E-state index in [1.807, 2.05) is 37.3 Å². The molecule has 0 atom stereocenters. The van der Waals surface area contributed by atoms with Crippen LogP contribution >= 0.6 is 0 Å². The summed E-state index contributed by atoms with van der Waals surface area (Å²) in [7, 11) is 0. The number of carbonyl (C=O) groups excluding carboxylic acids is 1. The molecule has 0 saturated heterocycles. The molecule has 0 aliphatic heterocycles. The molecule has 0 aliphatic rings. The third-order valence-electron chi connectivity index (χ3n) is 4.23. The number of oxazole rings is 1. The molecular formula is C22H19F3N2O2. The summed E-state index contributed by atoms with van der Waals surface area (Å²) in [6.07, 6.45) is -0.526. The Balaban J connectivity index is 1.84. The Morgan fingerprint density at radius 3 is 2.48 bits per heavy atom. The number of alkyl halides is 3. The highest BCUT2D eigenvalue weighted by atomic mass is 19.4. The van der Waals surface area contributed by atoms with Gasteiger partial charge in [-0.15, -0.1) is 0 Å². The van der Waals surface area contributed by atoms with E-state index in [-0.39, 0.29) is 23.7 Å². The minimum Gasteiger partial charge on any atom is -0.440 e. The van der Waals surface area contributed by atoms with E-state index in [0.717, 1.165) is 6.07 Å². The third kappa shape index (κ3) is 4.93. The highest BCUT2D eigenvalue weighted by Gasteiger charge is 2.33. The lowest BCUT2D eigenvalue weighted by atomic mass is 10.1. The van der Waals surface area contributed by atoms with Crippen molar-refractivity contribution >= 4 is 5.91 Å². The van der Waals surface area contributed by atoms with Gasteiger partial charge in [0.1, 0.15) is 5.76 Å². The zero-order valence-corrected chi connectivity index (χ0v) is 15.7. The van der Waals surface area contributed by atoms with Gasteiger partial charge in [0.05, 0.1) is 5.56 Å². The van der Waals surface area contributed by atoms with Gasteiger partial charge < -0.3 is 9.73 Å². The van der Waals surface area contributed by atoms with E-state index in [9.17, 15) is 18.0 Å². The number of hydrogen-bond donors (Lipinski definition) is 1. The second kappa shape index (κ2) is 8.77. The van der Waals surface area contributed by atoms with Crippen LogP contribution in [-0.2, 0) is 19.1 Å². The number of nitrogens with zero attached hydrogens (tertiary/aromatic N) is 1. The normalized spacial score (nSPS) is 11.7. The number of amides is 1. The SMILES string of the molecule is C/C=C\Cc1oc(-c2ccccc2)nc1C(=O)NCc1ccccc1C(F)(F)F. The molecule has 0 unspecified atom stereocenters. The predicted octanol–water partition coefficient (Wildman–Crippen LogP) is 5.41. The van der Waals surface area contributed by atoms with Gasteiger partial charge in [-0.3, -0.25) is 4.79 Å². The molecule has 4 nitrogen and oxygen atoms in total. The van der Waals surface area contributed by atoms with Gasteiger partial charge >= 0.3 is 6.18 Å². The van der Waals surface area contributed by atoms with E-state index in [2.05, 4.69) is 10.3 Å². The number of aromatic nitrogens is 1. The van der Waals surface area contributed by atoms with Crippen molar-refractivity contribution in [3.05, 3.63) is 89.3 Å². The van der Waals surface area contributed by atoms with Gasteiger partial charge in [0.25, 0.3) is 5.91 Å². The van der Waals surface area contributed by atoms with Crippen LogP contribution in [0.1, 0.15) is 34.3 Å². The van der Waals surface area contributed by atoms with Gasteiger partial charge in [0.2, 0.25) is 5.89 Å². The number of rotatable bonds is 6. The minimum absolute atomic E-state index is 0.0184. The van der Waals surface area contributed by atoms with Crippen LogP contribution in [0.4, 0.5) is 13.2 Å². The topological polar surface area (TPSA) is 55.1 Å². The van der Waals surface area contributed by atoms with E-state index in [1.54, 1.807) is 12.1 Å². The summed E-state index contributed by atoms with van der Waals surface area (Å²) in [5.41, 5.74) is -0.0307. The Hall–Kier alpha value is -3.35. The van der Waals surface area contributed by atoms with Crippen molar-refractivity contribution in [3.8, 4) is 11.5 Å². The van der Waals surface area contributed by atoms with Crippen LogP contribution in [0.5, 0.6) is 0 Å². The lowest BCUT2D eigenvalue weighted by Crippen LogP contribution is -2.25. The lowest BCUT2D eigenvalue weighted by molar-refractivity contribution is -0.138. The smallest absolute Gasteiger partial charge is 0.416 e. The Morgan fingerprint density at radius 1 is 1.10 bits per heavy atom. The maximum Gasteiger partial charge on any atom is 0.416 e. The maximum atomic E-state index is 13.1. The molecule has 3 aromatic rings. The van der Waals surface area contributed by atoms with Crippen LogP contribution in [0.25, 0.3) is 11.5 Å². The summed E-state index contributed by atoms with van der Waals surface area (Å²) in [5, 5.41) is 2.52. The molecular weight excluding hydrogens is 381 g/mol. The molecule has 0 aliphatic carbocycles. The fourth-order valence-corrected chi connectivity index (χ4v) is 2.81. The summed E-state index contributed by atoms with van der Waals surface area (Å²) in [4.78, 5) is 17.0. The largest absolute Gasteiger partial charge is 0.440 e. The van der Waals surface area contributed by atoms with Crippen molar-refractivity contribution in [3.63, 3.8) is 0 Å². The van der Waals surface area contributed by atoms with Gasteiger partial charge in [0, 0.05) is 18.5 Å². The maximum absolute atomic E-state index is 13.1. The van der Waals surface area contributed by atoms with Gasteiger partial charge in [-0.05, 0) is 30.7 Å². The molecule has 0 bridgehead atoms. The van der Waals surface area contributed by atoms with E-state index in [4.69, 9.17) is 4.42 Å². The highest BCUT2D eigenvalue weighted by Crippen LogP contribution is 2.31. The molecule has 1 N–H and O–H groups in total. The van der Waals surface area contributed by atoms with E-state index >= 15 is 0 Å². The van der Waals surface area contributed by atoms with Crippen LogP contribution < -0.4 is 5.32 Å². The first-order valence-corrected chi connectivity index (χ1v) is 8.99. The van der Waals surface area contributed by atoms with Crippen LogP contribution in [0.2, 0.25) is 0 Å². The molecule has 1 heterocycles. The lowest BCUT2D eigenvalue weighted by Gasteiger charge is -2.13. The molecule has 29 heavy (non-hydrogen) atoms. The average Bonchev–Trinajstić information content (AvgIpc) is 3.15. The molecule has 150 valence electrons. The van der Waals surface area contributed by atoms with E-state index < -0.39 is 17.6 Å². The average molecular weight is 400 g/mol. The fourth-order valence-electron chi connectivity index (χ4n) is 2.81. The van der Waals surface area contributed by atoms with Crippen LogP contribution in [0.3, 0.4) is 0 Å². The van der Waals surface area contributed by atoms with Crippen molar-refractivity contribution in [2.45, 2.75) is 26.1 Å². The molecule has 2 aromatic carbocycles. The third-order valence-corrected chi connectivity index (χ3v) is 4.23. The van der Waals surface area contributed by atoms with Gasteiger partial charge in [-0.25, -0.2) is 4.98 Å². The molecule has 0 spiro atoms. The number of halogens is 3. The van der Waals surface area contributed by atoms with E-state index in [1.165, 1.54) is 18.2 Å². The van der Waals surface area contributed by atoms with E-state index in [0.29, 0.717) is 17.7 Å². The van der Waals surface area contributed by atoms with Crippen molar-refractivity contribution in [2.75, 3.05) is 0 Å². The van der Waals surface area contributed by atoms with Gasteiger partial charge in [-0.2, -0.15) is 13.2 Å². The fraction of sp³-hybridized carbons (Fsp3) is 0.182. The monoisotopic (exact) mass is 400 g/mol. The summed E-state index contributed by atoms with van der Waals surface area (Å²) >= 11 is 0. The molecule has 0 fully saturated rings. The summed E-state index contributed by atoms with van der Waals surface area (Å²) in [6.45, 7) is 1.56. The quantitative estimate of drug-likeness (QED) is 0.563. The number of allylic oxidation sites excluding steroid dienone is 2. The van der Waals surface area contributed by atoms with Crippen molar-refractivity contribution in [1.29, 1.82) is 0 Å². The number of nitrogens with one attached hydrogen (secondary N) is 1. The van der Waals surface area contributed by atoms with Gasteiger partial charge in [0.15, 0.2) is 5.69 Å². The molecule has 0 radical (unpaired) electrons. The Morgan fingerprint density at radius 2 is 1.79 bits per heavy atom.